The Morgan fingerprint density at radius 3 is 0.871 bits per heavy atom. The molecular weight excluding hydrogens is 865 g/mol. The van der Waals surface area contributed by atoms with E-state index in [0.717, 1.165) is 103 Å². The lowest BCUT2D eigenvalue weighted by molar-refractivity contribution is -0.167. The molecule has 0 spiro atoms. The lowest BCUT2D eigenvalue weighted by Gasteiger charge is -2.18. The number of carbonyl (C=O) groups excluding carboxylic acids is 3. The summed E-state index contributed by atoms with van der Waals surface area (Å²) < 4.78 is 16.7. The van der Waals surface area contributed by atoms with Crippen molar-refractivity contribution >= 4 is 17.9 Å². The molecule has 0 rings (SSSR count). The van der Waals surface area contributed by atoms with Crippen LogP contribution in [0.1, 0.15) is 258 Å². The zero-order valence-corrected chi connectivity index (χ0v) is 45.5. The molecule has 6 heteroatoms. The normalized spacial score (nSPS) is 12.9. The fraction of sp³-hybridized carbons (Fsp3) is 0.672. The monoisotopic (exact) mass is 971 g/mol. The van der Waals surface area contributed by atoms with Crippen LogP contribution in [0.25, 0.3) is 0 Å². The Kier molecular flexibility index (Phi) is 54.4. The molecule has 398 valence electrons. The van der Waals surface area contributed by atoms with Crippen LogP contribution in [0, 0.1) is 0 Å². The molecule has 1 unspecified atom stereocenters. The molecule has 0 amide bonds. The number of hydrogen-bond acceptors (Lipinski definition) is 6. The van der Waals surface area contributed by atoms with Crippen LogP contribution < -0.4 is 0 Å². The highest BCUT2D eigenvalue weighted by Gasteiger charge is 2.19. The minimum Gasteiger partial charge on any atom is -0.462 e. The Hall–Kier alpha value is -3.93. The van der Waals surface area contributed by atoms with Crippen LogP contribution in [0.4, 0.5) is 0 Å². The Morgan fingerprint density at radius 1 is 0.300 bits per heavy atom. The molecule has 0 saturated heterocycles. The molecule has 0 aromatic carbocycles. The summed E-state index contributed by atoms with van der Waals surface area (Å²) in [7, 11) is 0. The summed E-state index contributed by atoms with van der Waals surface area (Å²) in [6, 6.07) is 0. The third-order valence-corrected chi connectivity index (χ3v) is 12.0. The van der Waals surface area contributed by atoms with E-state index in [1.807, 2.05) is 0 Å². The zero-order valence-electron chi connectivity index (χ0n) is 45.5. The average Bonchev–Trinajstić information content (AvgIpc) is 3.36. The lowest BCUT2D eigenvalue weighted by Crippen LogP contribution is -2.30. The van der Waals surface area contributed by atoms with E-state index >= 15 is 0 Å². The van der Waals surface area contributed by atoms with Crippen LogP contribution >= 0.6 is 0 Å². The van der Waals surface area contributed by atoms with Gasteiger partial charge in [0.1, 0.15) is 13.2 Å². The summed E-state index contributed by atoms with van der Waals surface area (Å²) in [6.07, 6.45) is 78.2. The fourth-order valence-electron chi connectivity index (χ4n) is 7.74. The van der Waals surface area contributed by atoms with E-state index in [1.54, 1.807) is 0 Å². The molecule has 6 nitrogen and oxygen atoms in total. The second-order valence-electron chi connectivity index (χ2n) is 18.8. The standard InChI is InChI=1S/C64H106O6/c1-4-7-10-13-16-19-21-23-25-26-27-28-29-30-31-32-33-34-35-36-37-38-40-41-43-45-48-51-54-57-63(66)69-60-61(59-68-62(65)56-53-50-47-18-15-12-9-6-3)70-64(67)58-55-52-49-46-44-42-39-24-22-20-17-14-11-8-5-2/h7,10,16,19,23,25,27-28,30-31,33-34,36-37,40-41,45,48,61H,4-6,8-9,11-15,17-18,20-22,24,26,29,32,35,38-39,42-44,46-47,49-60H2,1-3H3/b10-7-,19-16-,25-23-,28-27-,31-30-,34-33-,37-36-,41-40-,48-45-. The summed E-state index contributed by atoms with van der Waals surface area (Å²) in [6.45, 7) is 6.45. The third kappa shape index (κ3) is 55.0. The van der Waals surface area contributed by atoms with Gasteiger partial charge in [-0.25, -0.2) is 0 Å². The van der Waals surface area contributed by atoms with E-state index in [0.29, 0.717) is 19.3 Å². The maximum absolute atomic E-state index is 12.8. The van der Waals surface area contributed by atoms with Crippen LogP contribution in [0.3, 0.4) is 0 Å². The van der Waals surface area contributed by atoms with Gasteiger partial charge in [0.15, 0.2) is 6.10 Å². The van der Waals surface area contributed by atoms with E-state index in [4.69, 9.17) is 14.2 Å². The summed E-state index contributed by atoms with van der Waals surface area (Å²) >= 11 is 0. The number of rotatable bonds is 51. The molecule has 0 N–H and O–H groups in total. The third-order valence-electron chi connectivity index (χ3n) is 12.0. The first kappa shape index (κ1) is 66.1. The molecule has 1 atom stereocenters. The van der Waals surface area contributed by atoms with Crippen molar-refractivity contribution in [3.8, 4) is 0 Å². The molecule has 0 fully saturated rings. The van der Waals surface area contributed by atoms with Crippen LogP contribution in [-0.2, 0) is 28.6 Å². The van der Waals surface area contributed by atoms with Crippen molar-refractivity contribution in [2.24, 2.45) is 0 Å². The van der Waals surface area contributed by atoms with Gasteiger partial charge in [-0.1, -0.05) is 265 Å². The molecular formula is C64H106O6. The minimum atomic E-state index is -0.798. The molecule has 0 bridgehead atoms. The van der Waals surface area contributed by atoms with Crippen LogP contribution in [0.5, 0.6) is 0 Å². The maximum atomic E-state index is 12.8. The molecule has 70 heavy (non-hydrogen) atoms. The fourth-order valence-corrected chi connectivity index (χ4v) is 7.74. The van der Waals surface area contributed by atoms with Gasteiger partial charge < -0.3 is 14.2 Å². The van der Waals surface area contributed by atoms with E-state index in [1.165, 1.54) is 109 Å². The SMILES string of the molecule is CC/C=C\C/C=C\C/C=C\C/C=C\C/C=C\C/C=C\C/C=C\C/C=C\C/C=C\CCCC(=O)OCC(COC(=O)CCCCCCCCCC)OC(=O)CCCCCCCCCCCCCCCCC. The van der Waals surface area contributed by atoms with Crippen LogP contribution in [-0.4, -0.2) is 37.2 Å². The van der Waals surface area contributed by atoms with Crippen molar-refractivity contribution in [3.63, 3.8) is 0 Å². The minimum absolute atomic E-state index is 0.0940. The smallest absolute Gasteiger partial charge is 0.306 e. The van der Waals surface area contributed by atoms with Gasteiger partial charge in [-0.3, -0.25) is 14.4 Å². The largest absolute Gasteiger partial charge is 0.462 e. The van der Waals surface area contributed by atoms with Gasteiger partial charge in [-0.05, 0) is 83.5 Å². The number of unbranched alkanes of at least 4 members (excludes halogenated alkanes) is 22. The van der Waals surface area contributed by atoms with E-state index in [9.17, 15) is 14.4 Å². The topological polar surface area (TPSA) is 78.9 Å². The first-order chi connectivity index (χ1) is 34.5. The van der Waals surface area contributed by atoms with Gasteiger partial charge in [-0.2, -0.15) is 0 Å². The Bertz CT molecular complexity index is 1440. The molecule has 0 aliphatic rings. The van der Waals surface area contributed by atoms with Crippen molar-refractivity contribution < 1.29 is 28.6 Å². The van der Waals surface area contributed by atoms with Gasteiger partial charge in [0.05, 0.1) is 0 Å². The van der Waals surface area contributed by atoms with Gasteiger partial charge in [0, 0.05) is 19.3 Å². The number of allylic oxidation sites excluding steroid dienone is 18. The van der Waals surface area contributed by atoms with Crippen molar-refractivity contribution in [1.82, 2.24) is 0 Å². The number of esters is 3. The van der Waals surface area contributed by atoms with Gasteiger partial charge >= 0.3 is 17.9 Å². The molecule has 0 aromatic heterocycles. The average molecular weight is 972 g/mol. The second-order valence-corrected chi connectivity index (χ2v) is 18.8. The summed E-state index contributed by atoms with van der Waals surface area (Å²) in [5.41, 5.74) is 0. The molecule has 0 aliphatic heterocycles. The van der Waals surface area contributed by atoms with Crippen molar-refractivity contribution in [3.05, 3.63) is 109 Å². The number of hydrogen-bond donors (Lipinski definition) is 0. The molecule has 0 aromatic rings. The predicted octanol–water partition coefficient (Wildman–Crippen LogP) is 19.5. The molecule has 0 saturated carbocycles. The molecule has 0 heterocycles. The van der Waals surface area contributed by atoms with Crippen molar-refractivity contribution in [1.29, 1.82) is 0 Å². The van der Waals surface area contributed by atoms with E-state index < -0.39 is 6.10 Å². The molecule has 0 radical (unpaired) electrons. The Balaban J connectivity index is 4.32. The lowest BCUT2D eigenvalue weighted by atomic mass is 10.0. The number of carbonyl (C=O) groups is 3. The Morgan fingerprint density at radius 2 is 0.557 bits per heavy atom. The van der Waals surface area contributed by atoms with Crippen LogP contribution in [0.2, 0.25) is 0 Å². The van der Waals surface area contributed by atoms with E-state index in [2.05, 4.69) is 130 Å². The van der Waals surface area contributed by atoms with Crippen molar-refractivity contribution in [2.45, 2.75) is 264 Å². The zero-order chi connectivity index (χ0) is 50.7. The van der Waals surface area contributed by atoms with Crippen LogP contribution in [0.15, 0.2) is 109 Å². The first-order valence-electron chi connectivity index (χ1n) is 28.9. The Labute approximate surface area is 431 Å². The second kappa shape index (κ2) is 57.6. The quantitative estimate of drug-likeness (QED) is 0.0262. The maximum Gasteiger partial charge on any atom is 0.306 e. The highest BCUT2D eigenvalue weighted by atomic mass is 16.6. The van der Waals surface area contributed by atoms with E-state index in [-0.39, 0.29) is 37.5 Å². The van der Waals surface area contributed by atoms with Crippen molar-refractivity contribution in [2.75, 3.05) is 13.2 Å². The summed E-state index contributed by atoms with van der Waals surface area (Å²) in [5.74, 6) is -0.959. The summed E-state index contributed by atoms with van der Waals surface area (Å²) in [5, 5.41) is 0. The highest BCUT2D eigenvalue weighted by molar-refractivity contribution is 5.71. The number of ether oxygens (including phenoxy) is 3. The summed E-state index contributed by atoms with van der Waals surface area (Å²) in [4.78, 5) is 37.9. The first-order valence-corrected chi connectivity index (χ1v) is 28.9. The van der Waals surface area contributed by atoms with Gasteiger partial charge in [0.2, 0.25) is 0 Å². The van der Waals surface area contributed by atoms with Gasteiger partial charge in [0.25, 0.3) is 0 Å². The predicted molar refractivity (Wildman–Crippen MR) is 302 cm³/mol. The van der Waals surface area contributed by atoms with Gasteiger partial charge in [-0.15, -0.1) is 0 Å². The highest BCUT2D eigenvalue weighted by Crippen LogP contribution is 2.15. The molecule has 0 aliphatic carbocycles.